The summed E-state index contributed by atoms with van der Waals surface area (Å²) in [6.45, 7) is 0. The molecule has 11 rings (SSSR count). The Morgan fingerprint density at radius 3 is 1.63 bits per heavy atom. The average molecular weight is 650 g/mol. The number of rotatable bonds is 3. The molecule has 1 atom stereocenters. The molecule has 0 amide bonds. The topological polar surface area (TPSA) is 12.5 Å². The molecule has 9 aromatic rings. The molecule has 1 aliphatic carbocycles. The number of anilines is 3. The molecule has 1 unspecified atom stereocenters. The van der Waals surface area contributed by atoms with E-state index < -0.39 is 5.41 Å². The Morgan fingerprint density at radius 1 is 0.353 bits per heavy atom. The Hall–Kier alpha value is -6.64. The number of nitrogens with zero attached hydrogens (tertiary/aromatic N) is 1. The minimum absolute atomic E-state index is 0.592. The zero-order valence-electron chi connectivity index (χ0n) is 27.8. The molecule has 0 aromatic heterocycles. The van der Waals surface area contributed by atoms with Gasteiger partial charge in [-0.05, 0) is 103 Å². The lowest BCUT2D eigenvalue weighted by molar-refractivity contribution is 0.438. The van der Waals surface area contributed by atoms with Crippen LogP contribution >= 0.6 is 0 Å². The van der Waals surface area contributed by atoms with Gasteiger partial charge in [0, 0.05) is 28.2 Å². The molecule has 0 fully saturated rings. The summed E-state index contributed by atoms with van der Waals surface area (Å²) >= 11 is 0. The van der Waals surface area contributed by atoms with Crippen LogP contribution in [0.4, 0.5) is 17.1 Å². The quantitative estimate of drug-likeness (QED) is 0.189. The second-order valence-electron chi connectivity index (χ2n) is 13.7. The lowest BCUT2D eigenvalue weighted by Crippen LogP contribution is -2.32. The molecule has 0 saturated carbocycles. The van der Waals surface area contributed by atoms with Crippen molar-refractivity contribution in [3.05, 3.63) is 210 Å². The van der Waals surface area contributed by atoms with E-state index in [1.165, 1.54) is 65.7 Å². The lowest BCUT2D eigenvalue weighted by Gasteiger charge is -2.40. The van der Waals surface area contributed by atoms with Crippen molar-refractivity contribution < 1.29 is 4.74 Å². The highest BCUT2D eigenvalue weighted by molar-refractivity contribution is 5.99. The fourth-order valence-corrected chi connectivity index (χ4v) is 8.89. The fourth-order valence-electron chi connectivity index (χ4n) is 8.89. The fraction of sp³-hybridized carbons (Fsp3) is 0.0204. The molecule has 0 saturated heterocycles. The summed E-state index contributed by atoms with van der Waals surface area (Å²) < 4.78 is 6.79. The highest BCUT2D eigenvalue weighted by Gasteiger charge is 2.52. The van der Waals surface area contributed by atoms with Gasteiger partial charge in [-0.25, -0.2) is 0 Å². The van der Waals surface area contributed by atoms with E-state index in [1.807, 2.05) is 0 Å². The van der Waals surface area contributed by atoms with Crippen LogP contribution in [0.25, 0.3) is 43.4 Å². The summed E-state index contributed by atoms with van der Waals surface area (Å²) in [6, 6.07) is 68.6. The second-order valence-corrected chi connectivity index (χ2v) is 13.7. The van der Waals surface area contributed by atoms with E-state index in [2.05, 4.69) is 193 Å². The monoisotopic (exact) mass is 649 g/mol. The van der Waals surface area contributed by atoms with Gasteiger partial charge in [-0.15, -0.1) is 0 Å². The SMILES string of the molecule is c1ccc2c(c1)Oc1ccc3ccccc3c1C21c2ccccc2-c2ccc(N(c3ccc4ccccc4c3)c3ccc4ccccc4c3)cc21. The number of para-hydroxylation sites is 1. The van der Waals surface area contributed by atoms with Crippen LogP contribution in [0.3, 0.4) is 0 Å². The van der Waals surface area contributed by atoms with Crippen molar-refractivity contribution >= 4 is 49.4 Å². The maximum Gasteiger partial charge on any atom is 0.132 e. The van der Waals surface area contributed by atoms with Crippen LogP contribution in [0.15, 0.2) is 188 Å². The molecule has 2 aliphatic rings. The summed E-state index contributed by atoms with van der Waals surface area (Å²) in [5.41, 5.74) is 10.2. The van der Waals surface area contributed by atoms with Gasteiger partial charge in [-0.2, -0.15) is 0 Å². The molecule has 2 nitrogen and oxygen atoms in total. The van der Waals surface area contributed by atoms with Gasteiger partial charge in [0.15, 0.2) is 0 Å². The van der Waals surface area contributed by atoms with Gasteiger partial charge in [0.25, 0.3) is 0 Å². The van der Waals surface area contributed by atoms with Crippen molar-refractivity contribution in [3.63, 3.8) is 0 Å². The highest BCUT2D eigenvalue weighted by atomic mass is 16.5. The molecule has 238 valence electrons. The first-order valence-corrected chi connectivity index (χ1v) is 17.6. The predicted octanol–water partition coefficient (Wildman–Crippen LogP) is 13.1. The summed E-state index contributed by atoms with van der Waals surface area (Å²) in [6.07, 6.45) is 0. The van der Waals surface area contributed by atoms with E-state index in [-0.39, 0.29) is 0 Å². The molecular weight excluding hydrogens is 619 g/mol. The number of ether oxygens (including phenoxy) is 1. The third-order valence-corrected chi connectivity index (χ3v) is 11.0. The molecule has 0 bridgehead atoms. The number of hydrogen-bond acceptors (Lipinski definition) is 2. The van der Waals surface area contributed by atoms with E-state index in [0.29, 0.717) is 0 Å². The third-order valence-electron chi connectivity index (χ3n) is 11.0. The van der Waals surface area contributed by atoms with Crippen LogP contribution in [-0.4, -0.2) is 0 Å². The molecule has 0 radical (unpaired) electrons. The average Bonchev–Trinajstić information content (AvgIpc) is 3.47. The molecule has 0 N–H and O–H groups in total. The molecule has 1 spiro atoms. The van der Waals surface area contributed by atoms with Crippen molar-refractivity contribution in [1.29, 1.82) is 0 Å². The number of hydrogen-bond donors (Lipinski definition) is 0. The normalized spacial score (nSPS) is 15.3. The number of fused-ring (bicyclic) bond motifs is 13. The van der Waals surface area contributed by atoms with Crippen molar-refractivity contribution in [2.24, 2.45) is 0 Å². The Morgan fingerprint density at radius 2 is 0.882 bits per heavy atom. The summed E-state index contributed by atoms with van der Waals surface area (Å²) in [5.74, 6) is 1.80. The van der Waals surface area contributed by atoms with E-state index in [0.717, 1.165) is 28.6 Å². The predicted molar refractivity (Wildman–Crippen MR) is 211 cm³/mol. The first kappa shape index (κ1) is 28.2. The maximum absolute atomic E-state index is 6.79. The van der Waals surface area contributed by atoms with E-state index in [4.69, 9.17) is 4.74 Å². The maximum atomic E-state index is 6.79. The smallest absolute Gasteiger partial charge is 0.132 e. The zero-order valence-corrected chi connectivity index (χ0v) is 27.8. The van der Waals surface area contributed by atoms with Gasteiger partial charge in [0.05, 0.1) is 5.41 Å². The molecule has 51 heavy (non-hydrogen) atoms. The summed E-state index contributed by atoms with van der Waals surface area (Å²) in [7, 11) is 0. The van der Waals surface area contributed by atoms with Gasteiger partial charge in [0.2, 0.25) is 0 Å². The van der Waals surface area contributed by atoms with Crippen LogP contribution in [-0.2, 0) is 5.41 Å². The second kappa shape index (κ2) is 10.7. The summed E-state index contributed by atoms with van der Waals surface area (Å²) in [4.78, 5) is 2.42. The van der Waals surface area contributed by atoms with Crippen molar-refractivity contribution in [2.75, 3.05) is 4.90 Å². The van der Waals surface area contributed by atoms with Crippen molar-refractivity contribution in [1.82, 2.24) is 0 Å². The van der Waals surface area contributed by atoms with Crippen LogP contribution < -0.4 is 9.64 Å². The van der Waals surface area contributed by atoms with Gasteiger partial charge >= 0.3 is 0 Å². The summed E-state index contributed by atoms with van der Waals surface area (Å²) in [5, 5.41) is 7.29. The first-order valence-electron chi connectivity index (χ1n) is 17.6. The van der Waals surface area contributed by atoms with Gasteiger partial charge in [-0.3, -0.25) is 0 Å². The van der Waals surface area contributed by atoms with Gasteiger partial charge in [0.1, 0.15) is 11.5 Å². The molecule has 2 heteroatoms. The van der Waals surface area contributed by atoms with E-state index in [1.54, 1.807) is 0 Å². The minimum atomic E-state index is -0.592. The van der Waals surface area contributed by atoms with E-state index >= 15 is 0 Å². The molecule has 1 heterocycles. The van der Waals surface area contributed by atoms with Gasteiger partial charge in [-0.1, -0.05) is 140 Å². The zero-order chi connectivity index (χ0) is 33.5. The Kier molecular flexibility index (Phi) is 5.91. The van der Waals surface area contributed by atoms with E-state index in [9.17, 15) is 0 Å². The van der Waals surface area contributed by atoms with Gasteiger partial charge < -0.3 is 9.64 Å². The first-order chi connectivity index (χ1) is 25.3. The molecular formula is C49H31NO. The van der Waals surface area contributed by atoms with Crippen LogP contribution in [0.1, 0.15) is 22.3 Å². The van der Waals surface area contributed by atoms with Crippen molar-refractivity contribution in [2.45, 2.75) is 5.41 Å². The standard InChI is InChI=1S/C49H31NO/c1-3-14-35-29-37(24-21-32(35)11-1)50(38-25-22-33-12-2-4-15-36(33)30-38)39-26-27-42-41-17-7-8-18-43(41)49(45(42)31-39)44-19-9-10-20-46(44)51-47-28-23-34-13-5-6-16-40(34)48(47)49/h1-31H. The molecule has 9 aromatic carbocycles. The Bertz CT molecular complexity index is 2790. The Labute approximate surface area is 296 Å². The van der Waals surface area contributed by atoms with Crippen LogP contribution in [0, 0.1) is 0 Å². The van der Waals surface area contributed by atoms with Crippen molar-refractivity contribution in [3.8, 4) is 22.6 Å². The third kappa shape index (κ3) is 3.99. The largest absolute Gasteiger partial charge is 0.457 e. The minimum Gasteiger partial charge on any atom is -0.457 e. The highest BCUT2D eigenvalue weighted by Crippen LogP contribution is 2.64. The van der Waals surface area contributed by atoms with Crippen LogP contribution in [0.5, 0.6) is 11.5 Å². The number of benzene rings is 9. The molecule has 1 aliphatic heterocycles. The Balaban J connectivity index is 1.24. The van der Waals surface area contributed by atoms with Crippen LogP contribution in [0.2, 0.25) is 0 Å². The lowest BCUT2D eigenvalue weighted by atomic mass is 9.65.